The molecule has 0 saturated carbocycles. The van der Waals surface area contributed by atoms with Gasteiger partial charge in [-0.2, -0.15) is 5.10 Å². The second-order valence-electron chi connectivity index (χ2n) is 5.82. The first-order valence-electron chi connectivity index (χ1n) is 7.58. The van der Waals surface area contributed by atoms with Gasteiger partial charge in [-0.05, 0) is 43.0 Å². The molecule has 0 amide bonds. The van der Waals surface area contributed by atoms with E-state index in [1.54, 1.807) is 0 Å². The van der Waals surface area contributed by atoms with Crippen molar-refractivity contribution in [3.8, 4) is 0 Å². The number of nitrogens with one attached hydrogen (secondary N) is 1. The lowest BCUT2D eigenvalue weighted by Gasteiger charge is -2.32. The first-order valence-corrected chi connectivity index (χ1v) is 7.58. The fourth-order valence-corrected chi connectivity index (χ4v) is 3.12. The lowest BCUT2D eigenvalue weighted by Crippen LogP contribution is -2.33. The van der Waals surface area contributed by atoms with Crippen LogP contribution in [0.2, 0.25) is 0 Å². The van der Waals surface area contributed by atoms with Crippen LogP contribution in [0.15, 0.2) is 30.7 Å². The summed E-state index contributed by atoms with van der Waals surface area (Å²) in [7, 11) is 3.89. The molecule has 0 spiro atoms. The Labute approximate surface area is 126 Å². The van der Waals surface area contributed by atoms with Gasteiger partial charge in [-0.25, -0.2) is 4.98 Å². The monoisotopic (exact) mass is 285 g/mol. The van der Waals surface area contributed by atoms with E-state index in [2.05, 4.69) is 38.6 Å². The Kier molecular flexibility index (Phi) is 4.20. The van der Waals surface area contributed by atoms with E-state index in [1.165, 1.54) is 30.5 Å². The van der Waals surface area contributed by atoms with Crippen molar-refractivity contribution in [1.82, 2.24) is 19.7 Å². The van der Waals surface area contributed by atoms with E-state index in [0.29, 0.717) is 5.92 Å². The van der Waals surface area contributed by atoms with E-state index in [0.717, 1.165) is 18.9 Å². The molecule has 0 aromatic carbocycles. The smallest absolute Gasteiger partial charge is 0.125 e. The molecule has 112 valence electrons. The molecule has 1 saturated heterocycles. The zero-order valence-corrected chi connectivity index (χ0v) is 12.8. The summed E-state index contributed by atoms with van der Waals surface area (Å²) in [6.07, 6.45) is 8.49. The Morgan fingerprint density at radius 2 is 2.33 bits per heavy atom. The first kappa shape index (κ1) is 14.1. The third kappa shape index (κ3) is 3.42. The van der Waals surface area contributed by atoms with Gasteiger partial charge >= 0.3 is 0 Å². The number of hydrogen-bond acceptors (Lipinski definition) is 4. The van der Waals surface area contributed by atoms with Crippen LogP contribution in [0.4, 0.5) is 5.82 Å². The second-order valence-corrected chi connectivity index (χ2v) is 5.82. The third-order valence-electron chi connectivity index (χ3n) is 4.18. The van der Waals surface area contributed by atoms with Crippen molar-refractivity contribution in [2.75, 3.05) is 25.5 Å². The quantitative estimate of drug-likeness (QED) is 0.936. The minimum Gasteiger partial charge on any atom is -0.373 e. The number of nitrogens with zero attached hydrogens (tertiary/aromatic N) is 4. The summed E-state index contributed by atoms with van der Waals surface area (Å²) in [4.78, 5) is 6.84. The number of hydrogen-bond donors (Lipinski definition) is 1. The largest absolute Gasteiger partial charge is 0.373 e. The van der Waals surface area contributed by atoms with Crippen molar-refractivity contribution in [1.29, 1.82) is 0 Å². The normalized spacial score (nSPS) is 19.6. The van der Waals surface area contributed by atoms with Crippen molar-refractivity contribution >= 4 is 5.82 Å². The van der Waals surface area contributed by atoms with Gasteiger partial charge in [-0.3, -0.25) is 9.58 Å². The van der Waals surface area contributed by atoms with Crippen LogP contribution in [0.5, 0.6) is 0 Å². The van der Waals surface area contributed by atoms with Crippen molar-refractivity contribution in [2.24, 2.45) is 7.05 Å². The molecule has 1 aliphatic rings. The van der Waals surface area contributed by atoms with Gasteiger partial charge in [0.1, 0.15) is 5.82 Å². The van der Waals surface area contributed by atoms with Crippen LogP contribution < -0.4 is 5.32 Å². The number of piperidine rings is 1. The van der Waals surface area contributed by atoms with Gasteiger partial charge in [-0.15, -0.1) is 0 Å². The Morgan fingerprint density at radius 3 is 3.10 bits per heavy atom. The lowest BCUT2D eigenvalue weighted by molar-refractivity contribution is 0.200. The van der Waals surface area contributed by atoms with Gasteiger partial charge < -0.3 is 5.32 Å². The van der Waals surface area contributed by atoms with Crippen LogP contribution >= 0.6 is 0 Å². The minimum absolute atomic E-state index is 0.602. The molecule has 3 heterocycles. The molecule has 1 atom stereocenters. The zero-order valence-electron chi connectivity index (χ0n) is 12.8. The van der Waals surface area contributed by atoms with E-state index in [-0.39, 0.29) is 0 Å². The van der Waals surface area contributed by atoms with E-state index < -0.39 is 0 Å². The Bertz CT molecular complexity index is 592. The summed E-state index contributed by atoms with van der Waals surface area (Å²) in [6, 6.07) is 4.33. The highest BCUT2D eigenvalue weighted by molar-refractivity contribution is 5.38. The highest BCUT2D eigenvalue weighted by Gasteiger charge is 2.22. The van der Waals surface area contributed by atoms with Gasteiger partial charge in [0.05, 0.1) is 6.20 Å². The zero-order chi connectivity index (χ0) is 14.7. The van der Waals surface area contributed by atoms with Crippen LogP contribution in [0.1, 0.15) is 29.9 Å². The highest BCUT2D eigenvalue weighted by Crippen LogP contribution is 2.28. The maximum absolute atomic E-state index is 4.31. The average molecular weight is 285 g/mol. The molecule has 1 unspecified atom stereocenters. The maximum Gasteiger partial charge on any atom is 0.125 e. The molecule has 0 radical (unpaired) electrons. The topological polar surface area (TPSA) is 46.0 Å². The number of rotatable bonds is 4. The van der Waals surface area contributed by atoms with Gasteiger partial charge in [0, 0.05) is 45.1 Å². The third-order valence-corrected chi connectivity index (χ3v) is 4.18. The summed E-state index contributed by atoms with van der Waals surface area (Å²) in [6.45, 7) is 3.28. The van der Waals surface area contributed by atoms with Gasteiger partial charge in [0.25, 0.3) is 0 Å². The second kappa shape index (κ2) is 6.26. The first-order chi connectivity index (χ1) is 10.2. The Balaban J connectivity index is 1.67. The van der Waals surface area contributed by atoms with Crippen LogP contribution in [0, 0.1) is 0 Å². The fraction of sp³-hybridized carbons (Fsp3) is 0.500. The van der Waals surface area contributed by atoms with Crippen LogP contribution in [0.25, 0.3) is 0 Å². The average Bonchev–Trinajstić information content (AvgIpc) is 2.93. The van der Waals surface area contributed by atoms with Gasteiger partial charge in [0.2, 0.25) is 0 Å². The van der Waals surface area contributed by atoms with Crippen molar-refractivity contribution < 1.29 is 0 Å². The molecule has 0 aliphatic carbocycles. The van der Waals surface area contributed by atoms with E-state index >= 15 is 0 Å². The number of anilines is 1. The summed E-state index contributed by atoms with van der Waals surface area (Å²) in [5.74, 6) is 1.56. The Hall–Kier alpha value is -1.88. The van der Waals surface area contributed by atoms with Crippen molar-refractivity contribution in [2.45, 2.75) is 25.3 Å². The van der Waals surface area contributed by atoms with Crippen LogP contribution in [-0.2, 0) is 13.6 Å². The Morgan fingerprint density at radius 1 is 1.43 bits per heavy atom. The number of likely N-dealkylation sites (tertiary alicyclic amines) is 1. The van der Waals surface area contributed by atoms with Crippen molar-refractivity contribution in [3.05, 3.63) is 41.9 Å². The molecule has 21 heavy (non-hydrogen) atoms. The standard InChI is InChI=1S/C16H23N5/c1-17-16-8-14(5-6-18-16)15-4-3-7-21(12-15)11-13-9-19-20(2)10-13/h5-6,8-10,15H,3-4,7,11-12H2,1-2H3,(H,17,18). The van der Waals surface area contributed by atoms with Gasteiger partial charge in [0.15, 0.2) is 0 Å². The molecular formula is C16H23N5. The summed E-state index contributed by atoms with van der Waals surface area (Å²) < 4.78 is 1.87. The van der Waals surface area contributed by atoms with E-state index in [1.807, 2.05) is 31.2 Å². The lowest BCUT2D eigenvalue weighted by atomic mass is 9.91. The maximum atomic E-state index is 4.31. The molecule has 1 aliphatic heterocycles. The minimum atomic E-state index is 0.602. The summed E-state index contributed by atoms with van der Waals surface area (Å²) in [5, 5.41) is 7.38. The molecule has 3 rings (SSSR count). The molecule has 5 heteroatoms. The molecule has 2 aromatic rings. The predicted octanol–water partition coefficient (Wildman–Crippen LogP) is 2.24. The molecular weight excluding hydrogens is 262 g/mol. The molecule has 1 fully saturated rings. The number of pyridine rings is 1. The SMILES string of the molecule is CNc1cc(C2CCCN(Cc3cnn(C)c3)C2)ccn1. The fourth-order valence-electron chi connectivity index (χ4n) is 3.12. The summed E-state index contributed by atoms with van der Waals surface area (Å²) in [5.41, 5.74) is 2.69. The molecule has 1 N–H and O–H groups in total. The number of aromatic nitrogens is 3. The van der Waals surface area contributed by atoms with Gasteiger partial charge in [-0.1, -0.05) is 0 Å². The molecule has 5 nitrogen and oxygen atoms in total. The summed E-state index contributed by atoms with van der Waals surface area (Å²) >= 11 is 0. The van der Waals surface area contributed by atoms with Crippen LogP contribution in [0.3, 0.4) is 0 Å². The highest BCUT2D eigenvalue weighted by atomic mass is 15.2. The van der Waals surface area contributed by atoms with E-state index in [9.17, 15) is 0 Å². The van der Waals surface area contributed by atoms with E-state index in [4.69, 9.17) is 0 Å². The van der Waals surface area contributed by atoms with Crippen LogP contribution in [-0.4, -0.2) is 39.8 Å². The molecule has 2 aromatic heterocycles. The van der Waals surface area contributed by atoms with Crippen molar-refractivity contribution in [3.63, 3.8) is 0 Å². The molecule has 0 bridgehead atoms. The number of aryl methyl sites for hydroxylation is 1. The predicted molar refractivity (Wildman–Crippen MR) is 84.2 cm³/mol.